The van der Waals surface area contributed by atoms with Gasteiger partial charge in [0.1, 0.15) is 0 Å². The zero-order valence-electron chi connectivity index (χ0n) is 7.51. The molecule has 0 heterocycles. The molecule has 1 amide bonds. The van der Waals surface area contributed by atoms with Crippen molar-refractivity contribution in [3.8, 4) is 0 Å². The van der Waals surface area contributed by atoms with Crippen LogP contribution in [0.3, 0.4) is 0 Å². The third kappa shape index (κ3) is 3.36. The molecule has 0 spiro atoms. The fraction of sp³-hybridized carbons (Fsp3) is 0.875. The SMILES string of the molecule is Cl.NC(=O)[C@@H]1CCC[C@H](C(F)(F)F)C1. The highest BCUT2D eigenvalue weighted by Crippen LogP contribution is 2.39. The first-order chi connectivity index (χ1) is 5.91. The van der Waals surface area contributed by atoms with Gasteiger partial charge in [0, 0.05) is 5.92 Å². The van der Waals surface area contributed by atoms with Crippen molar-refractivity contribution in [1.29, 1.82) is 0 Å². The van der Waals surface area contributed by atoms with Crippen LogP contribution in [0.5, 0.6) is 0 Å². The Kier molecular flexibility index (Phi) is 4.71. The van der Waals surface area contributed by atoms with Gasteiger partial charge in [-0.05, 0) is 19.3 Å². The quantitative estimate of drug-likeness (QED) is 0.739. The van der Waals surface area contributed by atoms with Crippen molar-refractivity contribution in [2.75, 3.05) is 0 Å². The first kappa shape index (κ1) is 13.5. The predicted molar refractivity (Wildman–Crippen MR) is 47.9 cm³/mol. The summed E-state index contributed by atoms with van der Waals surface area (Å²) in [4.78, 5) is 10.7. The van der Waals surface area contributed by atoms with Gasteiger partial charge in [0.05, 0.1) is 5.92 Å². The van der Waals surface area contributed by atoms with Gasteiger partial charge >= 0.3 is 6.18 Å². The average molecular weight is 232 g/mol. The summed E-state index contributed by atoms with van der Waals surface area (Å²) in [5.41, 5.74) is 4.97. The Bertz CT molecular complexity index is 207. The lowest BCUT2D eigenvalue weighted by molar-refractivity contribution is -0.186. The first-order valence-corrected chi connectivity index (χ1v) is 4.27. The molecular formula is C8H13ClF3NO. The van der Waals surface area contributed by atoms with E-state index in [4.69, 9.17) is 5.73 Å². The second kappa shape index (κ2) is 4.87. The fourth-order valence-electron chi connectivity index (χ4n) is 1.75. The summed E-state index contributed by atoms with van der Waals surface area (Å²) >= 11 is 0. The van der Waals surface area contributed by atoms with E-state index in [1.54, 1.807) is 0 Å². The molecule has 0 aromatic heterocycles. The molecule has 2 nitrogen and oxygen atoms in total. The monoisotopic (exact) mass is 231 g/mol. The number of primary amides is 1. The lowest BCUT2D eigenvalue weighted by Crippen LogP contribution is -2.34. The molecule has 1 aliphatic carbocycles. The van der Waals surface area contributed by atoms with E-state index in [0.717, 1.165) is 0 Å². The van der Waals surface area contributed by atoms with Gasteiger partial charge in [-0.15, -0.1) is 12.4 Å². The molecule has 1 aliphatic rings. The molecule has 0 unspecified atom stereocenters. The predicted octanol–water partition coefficient (Wildman–Crippen LogP) is 2.26. The summed E-state index contributed by atoms with van der Waals surface area (Å²) in [6.45, 7) is 0. The molecule has 0 radical (unpaired) electrons. The van der Waals surface area contributed by atoms with Crippen molar-refractivity contribution in [1.82, 2.24) is 0 Å². The van der Waals surface area contributed by atoms with Gasteiger partial charge in [0.25, 0.3) is 0 Å². The zero-order chi connectivity index (χ0) is 10.1. The molecule has 0 saturated heterocycles. The molecule has 1 rings (SSSR count). The van der Waals surface area contributed by atoms with Crippen LogP contribution in [0.15, 0.2) is 0 Å². The highest BCUT2D eigenvalue weighted by Gasteiger charge is 2.43. The maximum atomic E-state index is 12.2. The van der Waals surface area contributed by atoms with Gasteiger partial charge in [-0.3, -0.25) is 4.79 Å². The van der Waals surface area contributed by atoms with Crippen LogP contribution < -0.4 is 5.73 Å². The van der Waals surface area contributed by atoms with Gasteiger partial charge in [0.2, 0.25) is 5.91 Å². The summed E-state index contributed by atoms with van der Waals surface area (Å²) in [6.07, 6.45) is -3.22. The van der Waals surface area contributed by atoms with Crippen LogP contribution in [0.2, 0.25) is 0 Å². The van der Waals surface area contributed by atoms with Crippen LogP contribution in [0.25, 0.3) is 0 Å². The number of hydrogen-bond acceptors (Lipinski definition) is 1. The first-order valence-electron chi connectivity index (χ1n) is 4.27. The Balaban J connectivity index is 0.00000169. The molecular weight excluding hydrogens is 219 g/mol. The number of carbonyl (C=O) groups excluding carboxylic acids is 1. The van der Waals surface area contributed by atoms with Crippen LogP contribution in [0, 0.1) is 11.8 Å². The van der Waals surface area contributed by atoms with Crippen LogP contribution in [0.1, 0.15) is 25.7 Å². The van der Waals surface area contributed by atoms with Crippen LogP contribution in [0.4, 0.5) is 13.2 Å². The molecule has 6 heteroatoms. The van der Waals surface area contributed by atoms with Gasteiger partial charge in [-0.25, -0.2) is 0 Å². The molecule has 2 atom stereocenters. The van der Waals surface area contributed by atoms with Crippen molar-refractivity contribution in [2.24, 2.45) is 17.6 Å². The number of amides is 1. The third-order valence-electron chi connectivity index (χ3n) is 2.54. The number of alkyl halides is 3. The van der Waals surface area contributed by atoms with Gasteiger partial charge in [-0.1, -0.05) is 6.42 Å². The smallest absolute Gasteiger partial charge is 0.369 e. The molecule has 2 N–H and O–H groups in total. The number of rotatable bonds is 1. The van der Waals surface area contributed by atoms with Crippen molar-refractivity contribution < 1.29 is 18.0 Å². The molecule has 1 saturated carbocycles. The fourth-order valence-corrected chi connectivity index (χ4v) is 1.75. The second-order valence-electron chi connectivity index (χ2n) is 3.50. The molecule has 84 valence electrons. The summed E-state index contributed by atoms with van der Waals surface area (Å²) in [5, 5.41) is 0. The zero-order valence-corrected chi connectivity index (χ0v) is 8.33. The second-order valence-corrected chi connectivity index (χ2v) is 3.50. The molecule has 0 bridgehead atoms. The van der Waals surface area contributed by atoms with E-state index in [1.807, 2.05) is 0 Å². The Morgan fingerprint density at radius 2 is 1.86 bits per heavy atom. The molecule has 0 aliphatic heterocycles. The summed E-state index contributed by atoms with van der Waals surface area (Å²) in [7, 11) is 0. The highest BCUT2D eigenvalue weighted by atomic mass is 35.5. The molecule has 1 fully saturated rings. The van der Waals surface area contributed by atoms with Crippen LogP contribution >= 0.6 is 12.4 Å². The third-order valence-corrected chi connectivity index (χ3v) is 2.54. The minimum Gasteiger partial charge on any atom is -0.369 e. The minimum atomic E-state index is -4.17. The minimum absolute atomic E-state index is 0. The normalized spacial score (nSPS) is 27.9. The average Bonchev–Trinajstić information content (AvgIpc) is 2.03. The summed E-state index contributed by atoms with van der Waals surface area (Å²) < 4.78 is 36.7. The van der Waals surface area contributed by atoms with Gasteiger partial charge < -0.3 is 5.73 Å². The largest absolute Gasteiger partial charge is 0.391 e. The van der Waals surface area contributed by atoms with E-state index < -0.39 is 23.9 Å². The standard InChI is InChI=1S/C8H12F3NO.ClH/c9-8(10,11)6-3-1-2-5(4-6)7(12)13;/h5-6H,1-4H2,(H2,12,13);1H/t5-,6+;/m1./s1. The van der Waals surface area contributed by atoms with E-state index in [-0.39, 0.29) is 25.2 Å². The maximum Gasteiger partial charge on any atom is 0.391 e. The van der Waals surface area contributed by atoms with E-state index in [9.17, 15) is 18.0 Å². The van der Waals surface area contributed by atoms with E-state index >= 15 is 0 Å². The van der Waals surface area contributed by atoms with Crippen molar-refractivity contribution in [3.63, 3.8) is 0 Å². The van der Waals surface area contributed by atoms with Crippen LogP contribution in [-0.2, 0) is 4.79 Å². The van der Waals surface area contributed by atoms with Crippen molar-refractivity contribution in [2.45, 2.75) is 31.9 Å². The molecule has 14 heavy (non-hydrogen) atoms. The summed E-state index contributed by atoms with van der Waals surface area (Å²) in [6, 6.07) is 0. The maximum absolute atomic E-state index is 12.2. The summed E-state index contributed by atoms with van der Waals surface area (Å²) in [5.74, 6) is -2.52. The number of hydrogen-bond donors (Lipinski definition) is 1. The Hall–Kier alpha value is -0.450. The Morgan fingerprint density at radius 1 is 1.29 bits per heavy atom. The number of nitrogens with two attached hydrogens (primary N) is 1. The van der Waals surface area contributed by atoms with Gasteiger partial charge in [-0.2, -0.15) is 13.2 Å². The van der Waals surface area contributed by atoms with Crippen molar-refractivity contribution in [3.05, 3.63) is 0 Å². The van der Waals surface area contributed by atoms with E-state index in [2.05, 4.69) is 0 Å². The van der Waals surface area contributed by atoms with Gasteiger partial charge in [0.15, 0.2) is 0 Å². The highest BCUT2D eigenvalue weighted by molar-refractivity contribution is 5.85. The lowest BCUT2D eigenvalue weighted by Gasteiger charge is -2.28. The topological polar surface area (TPSA) is 43.1 Å². The van der Waals surface area contributed by atoms with Crippen molar-refractivity contribution >= 4 is 18.3 Å². The lowest BCUT2D eigenvalue weighted by atomic mass is 9.81. The number of carbonyl (C=O) groups is 1. The Morgan fingerprint density at radius 3 is 2.29 bits per heavy atom. The van der Waals surface area contributed by atoms with E-state index in [1.165, 1.54) is 0 Å². The molecule has 0 aromatic rings. The Labute approximate surface area is 86.4 Å². The number of halogens is 4. The van der Waals surface area contributed by atoms with E-state index in [0.29, 0.717) is 12.8 Å². The molecule has 0 aromatic carbocycles. The van der Waals surface area contributed by atoms with Crippen LogP contribution in [-0.4, -0.2) is 12.1 Å².